The van der Waals surface area contributed by atoms with Crippen LogP contribution in [0.25, 0.3) is 0 Å². The summed E-state index contributed by atoms with van der Waals surface area (Å²) < 4.78 is 0. The van der Waals surface area contributed by atoms with Crippen molar-refractivity contribution in [3.8, 4) is 0 Å². The van der Waals surface area contributed by atoms with E-state index < -0.39 is 0 Å². The normalized spacial score (nSPS) is 13.1. The van der Waals surface area contributed by atoms with E-state index in [4.69, 9.17) is 0 Å². The maximum absolute atomic E-state index is 10.6. The van der Waals surface area contributed by atoms with Gasteiger partial charge in [-0.3, -0.25) is 0 Å². The van der Waals surface area contributed by atoms with Gasteiger partial charge < -0.3 is 10.0 Å². The second kappa shape index (κ2) is 7.06. The topological polar surface area (TPSA) is 23.5 Å². The molecule has 0 saturated carbocycles. The van der Waals surface area contributed by atoms with Crippen molar-refractivity contribution in [2.75, 3.05) is 20.1 Å². The van der Waals surface area contributed by atoms with Gasteiger partial charge in [0.05, 0.1) is 6.10 Å². The highest BCUT2D eigenvalue weighted by molar-refractivity contribution is 5.45. The van der Waals surface area contributed by atoms with Crippen molar-refractivity contribution in [3.63, 3.8) is 0 Å². The van der Waals surface area contributed by atoms with Gasteiger partial charge in [0.25, 0.3) is 0 Å². The molecule has 0 saturated heterocycles. The van der Waals surface area contributed by atoms with Crippen LogP contribution in [0.3, 0.4) is 0 Å². The Morgan fingerprint density at radius 2 is 1.63 bits per heavy atom. The van der Waals surface area contributed by atoms with Crippen molar-refractivity contribution in [2.24, 2.45) is 0 Å². The Kier molecular flexibility index (Phi) is 6.02. The first-order chi connectivity index (χ1) is 8.88. The third kappa shape index (κ3) is 4.05. The highest BCUT2D eigenvalue weighted by atomic mass is 16.3. The number of nitrogens with zero attached hydrogens (tertiary/aromatic N) is 1. The number of hydrogen-bond acceptors (Lipinski definition) is 2. The molecule has 19 heavy (non-hydrogen) atoms. The first kappa shape index (κ1) is 16.2. The number of unbranched alkanes of at least 4 members (excludes halogenated alkanes) is 1. The molecule has 1 atom stereocenters. The van der Waals surface area contributed by atoms with Crippen LogP contribution in [0.4, 0.5) is 0 Å². The van der Waals surface area contributed by atoms with Gasteiger partial charge in [-0.15, -0.1) is 0 Å². The third-order valence-corrected chi connectivity index (χ3v) is 4.14. The maximum atomic E-state index is 10.6. The molecule has 0 amide bonds. The zero-order chi connectivity index (χ0) is 14.6. The van der Waals surface area contributed by atoms with Gasteiger partial charge in [0, 0.05) is 6.54 Å². The summed E-state index contributed by atoms with van der Waals surface area (Å²) >= 11 is 0. The van der Waals surface area contributed by atoms with Crippen LogP contribution in [0, 0.1) is 27.7 Å². The number of aliphatic hydroxyl groups excluding tert-OH is 1. The molecule has 1 N–H and O–H groups in total. The maximum Gasteiger partial charge on any atom is 0.0922 e. The molecular weight excluding hydrogens is 234 g/mol. The monoisotopic (exact) mass is 263 g/mol. The number of hydrogen-bond donors (Lipinski definition) is 1. The number of rotatable bonds is 6. The van der Waals surface area contributed by atoms with E-state index >= 15 is 0 Å². The lowest BCUT2D eigenvalue weighted by Gasteiger charge is -2.24. The summed E-state index contributed by atoms with van der Waals surface area (Å²) in [4.78, 5) is 2.23. The van der Waals surface area contributed by atoms with Gasteiger partial charge in [-0.1, -0.05) is 19.4 Å². The smallest absolute Gasteiger partial charge is 0.0922 e. The predicted molar refractivity (Wildman–Crippen MR) is 82.8 cm³/mol. The SMILES string of the molecule is CCCCN(C)CC(O)c1c(C)c(C)cc(C)c1C. The van der Waals surface area contributed by atoms with Crippen molar-refractivity contribution in [2.45, 2.75) is 53.6 Å². The largest absolute Gasteiger partial charge is 0.387 e. The van der Waals surface area contributed by atoms with Gasteiger partial charge in [-0.2, -0.15) is 0 Å². The highest BCUT2D eigenvalue weighted by Gasteiger charge is 2.17. The zero-order valence-corrected chi connectivity index (χ0v) is 13.4. The van der Waals surface area contributed by atoms with Gasteiger partial charge in [0.1, 0.15) is 0 Å². The third-order valence-electron chi connectivity index (χ3n) is 4.14. The van der Waals surface area contributed by atoms with Gasteiger partial charge in [-0.25, -0.2) is 0 Å². The first-order valence-electron chi connectivity index (χ1n) is 7.32. The van der Waals surface area contributed by atoms with Gasteiger partial charge in [-0.05, 0) is 75.5 Å². The molecule has 0 spiro atoms. The Labute approximate surface area is 118 Å². The second-order valence-electron chi connectivity index (χ2n) is 5.81. The van der Waals surface area contributed by atoms with E-state index in [1.54, 1.807) is 0 Å². The molecule has 0 aliphatic rings. The first-order valence-corrected chi connectivity index (χ1v) is 7.32. The molecule has 2 nitrogen and oxygen atoms in total. The molecule has 0 bridgehead atoms. The van der Waals surface area contributed by atoms with Crippen LogP contribution in [0.2, 0.25) is 0 Å². The van der Waals surface area contributed by atoms with Crippen LogP contribution in [-0.2, 0) is 0 Å². The van der Waals surface area contributed by atoms with E-state index in [0.29, 0.717) is 6.54 Å². The number of benzene rings is 1. The van der Waals surface area contributed by atoms with Crippen LogP contribution < -0.4 is 0 Å². The Bertz CT molecular complexity index is 400. The van der Waals surface area contributed by atoms with Crippen LogP contribution in [0.15, 0.2) is 6.07 Å². The summed E-state index contributed by atoms with van der Waals surface area (Å²) in [7, 11) is 2.09. The van der Waals surface area contributed by atoms with E-state index in [1.165, 1.54) is 35.1 Å². The predicted octanol–water partition coefficient (Wildman–Crippen LogP) is 3.69. The fraction of sp³-hybridized carbons (Fsp3) is 0.647. The summed E-state index contributed by atoms with van der Waals surface area (Å²) in [6.07, 6.45) is 2.00. The van der Waals surface area contributed by atoms with E-state index in [1.807, 2.05) is 0 Å². The molecule has 0 radical (unpaired) electrons. The molecule has 0 heterocycles. The van der Waals surface area contributed by atoms with E-state index in [0.717, 1.165) is 12.1 Å². The molecule has 108 valence electrons. The van der Waals surface area contributed by atoms with Crippen LogP contribution in [-0.4, -0.2) is 30.1 Å². The summed E-state index contributed by atoms with van der Waals surface area (Å²) in [5, 5.41) is 10.6. The van der Waals surface area contributed by atoms with Crippen molar-refractivity contribution in [1.82, 2.24) is 4.90 Å². The Hall–Kier alpha value is -0.860. The Balaban J connectivity index is 2.90. The fourth-order valence-corrected chi connectivity index (χ4v) is 2.65. The van der Waals surface area contributed by atoms with Gasteiger partial charge in [0.2, 0.25) is 0 Å². The number of aliphatic hydroxyl groups is 1. The average Bonchev–Trinajstić information content (AvgIpc) is 2.34. The summed E-state index contributed by atoms with van der Waals surface area (Å²) in [5.41, 5.74) is 6.14. The van der Waals surface area contributed by atoms with Crippen LogP contribution in [0.5, 0.6) is 0 Å². The minimum Gasteiger partial charge on any atom is -0.387 e. The summed E-state index contributed by atoms with van der Waals surface area (Å²) in [5.74, 6) is 0. The minimum atomic E-state index is -0.388. The molecule has 1 aromatic carbocycles. The summed E-state index contributed by atoms with van der Waals surface area (Å²) in [6, 6.07) is 2.21. The number of likely N-dealkylation sites (N-methyl/N-ethyl adjacent to an activating group) is 1. The zero-order valence-electron chi connectivity index (χ0n) is 13.4. The van der Waals surface area contributed by atoms with Gasteiger partial charge in [0.15, 0.2) is 0 Å². The molecule has 0 aliphatic heterocycles. The van der Waals surface area contributed by atoms with E-state index in [2.05, 4.69) is 52.6 Å². The Morgan fingerprint density at radius 1 is 1.11 bits per heavy atom. The second-order valence-corrected chi connectivity index (χ2v) is 5.81. The van der Waals surface area contributed by atoms with Crippen molar-refractivity contribution < 1.29 is 5.11 Å². The fourth-order valence-electron chi connectivity index (χ4n) is 2.65. The average molecular weight is 263 g/mol. The molecule has 0 aliphatic carbocycles. The lowest BCUT2D eigenvalue weighted by atomic mass is 9.91. The quantitative estimate of drug-likeness (QED) is 0.846. The molecule has 1 rings (SSSR count). The standard InChI is InChI=1S/C17H29NO/c1-7-8-9-18(6)11-16(19)17-14(4)12(2)10-13(3)15(17)5/h10,16,19H,7-9,11H2,1-6H3. The van der Waals surface area contributed by atoms with E-state index in [-0.39, 0.29) is 6.10 Å². The van der Waals surface area contributed by atoms with E-state index in [9.17, 15) is 5.11 Å². The molecule has 0 fully saturated rings. The molecule has 2 heteroatoms. The molecule has 1 unspecified atom stereocenters. The van der Waals surface area contributed by atoms with Crippen LogP contribution >= 0.6 is 0 Å². The lowest BCUT2D eigenvalue weighted by Crippen LogP contribution is -2.26. The van der Waals surface area contributed by atoms with Crippen molar-refractivity contribution in [1.29, 1.82) is 0 Å². The minimum absolute atomic E-state index is 0.388. The highest BCUT2D eigenvalue weighted by Crippen LogP contribution is 2.27. The van der Waals surface area contributed by atoms with Crippen molar-refractivity contribution >= 4 is 0 Å². The number of aryl methyl sites for hydroxylation is 2. The lowest BCUT2D eigenvalue weighted by molar-refractivity contribution is 0.125. The molecular formula is C17H29NO. The molecule has 1 aromatic rings. The Morgan fingerprint density at radius 3 is 2.11 bits per heavy atom. The summed E-state index contributed by atoms with van der Waals surface area (Å²) in [6.45, 7) is 12.4. The van der Waals surface area contributed by atoms with Crippen LogP contribution in [0.1, 0.15) is 53.7 Å². The van der Waals surface area contributed by atoms with Crippen molar-refractivity contribution in [3.05, 3.63) is 33.9 Å². The van der Waals surface area contributed by atoms with Gasteiger partial charge >= 0.3 is 0 Å². The molecule has 0 aromatic heterocycles.